The molecule has 0 atom stereocenters. The third kappa shape index (κ3) is 3.31. The van der Waals surface area contributed by atoms with Crippen LogP contribution in [0.3, 0.4) is 0 Å². The molecule has 0 saturated carbocycles. The summed E-state index contributed by atoms with van der Waals surface area (Å²) in [6.07, 6.45) is 4.67. The van der Waals surface area contributed by atoms with E-state index in [4.69, 9.17) is 0 Å². The number of nitrogens with one attached hydrogen (secondary N) is 1. The van der Waals surface area contributed by atoms with Crippen molar-refractivity contribution in [3.63, 3.8) is 0 Å². The minimum absolute atomic E-state index is 0.0986. The third-order valence-electron chi connectivity index (χ3n) is 4.38. The Hall–Kier alpha value is -2.65. The number of aromatic hydroxyl groups is 1. The van der Waals surface area contributed by atoms with E-state index >= 15 is 0 Å². The molecule has 1 heterocycles. The van der Waals surface area contributed by atoms with Crippen molar-refractivity contribution in [2.45, 2.75) is 38.7 Å². The van der Waals surface area contributed by atoms with Crippen LogP contribution in [-0.2, 0) is 25.9 Å². The number of nitriles is 1. The maximum Gasteiger partial charge on any atom is 0.166 e. The summed E-state index contributed by atoms with van der Waals surface area (Å²) in [4.78, 5) is 0. The van der Waals surface area contributed by atoms with Crippen molar-refractivity contribution in [1.29, 1.82) is 5.26 Å². The summed E-state index contributed by atoms with van der Waals surface area (Å²) >= 11 is 0. The maximum atomic E-state index is 9.59. The first kappa shape index (κ1) is 16.2. The van der Waals surface area contributed by atoms with Crippen LogP contribution in [-0.4, -0.2) is 27.0 Å². The summed E-state index contributed by atoms with van der Waals surface area (Å²) in [6.45, 7) is 0.403. The van der Waals surface area contributed by atoms with Gasteiger partial charge in [0, 0.05) is 12.1 Å². The summed E-state index contributed by atoms with van der Waals surface area (Å²) in [6, 6.07) is 7.45. The third-order valence-corrected chi connectivity index (χ3v) is 4.38. The molecule has 1 aliphatic rings. The first-order valence-corrected chi connectivity index (χ1v) is 8.17. The molecule has 0 aliphatic heterocycles. The number of fused-ring (bicyclic) bond motifs is 1. The van der Waals surface area contributed by atoms with Crippen LogP contribution in [0.25, 0.3) is 0 Å². The van der Waals surface area contributed by atoms with Crippen molar-refractivity contribution in [2.75, 3.05) is 11.9 Å². The Balaban J connectivity index is 1.70. The van der Waals surface area contributed by atoms with E-state index < -0.39 is 0 Å². The molecule has 0 saturated heterocycles. The number of rotatable bonds is 5. The van der Waals surface area contributed by atoms with Gasteiger partial charge < -0.3 is 15.5 Å². The molecule has 6 heteroatoms. The zero-order chi connectivity index (χ0) is 16.9. The molecule has 0 fully saturated rings. The molecule has 1 aliphatic carbocycles. The lowest BCUT2D eigenvalue weighted by molar-refractivity contribution is 0.275. The zero-order valence-electron chi connectivity index (χ0n) is 13.4. The summed E-state index contributed by atoms with van der Waals surface area (Å²) in [5, 5.41) is 39.9. The first-order chi connectivity index (χ1) is 11.7. The van der Waals surface area contributed by atoms with Crippen molar-refractivity contribution >= 4 is 5.82 Å². The molecule has 1 aromatic carbocycles. The highest BCUT2D eigenvalue weighted by molar-refractivity contribution is 5.57. The Labute approximate surface area is 140 Å². The second-order valence-electron chi connectivity index (χ2n) is 5.97. The minimum atomic E-state index is -0.192. The van der Waals surface area contributed by atoms with Gasteiger partial charge in [0.05, 0.1) is 12.3 Å². The molecule has 24 heavy (non-hydrogen) atoms. The lowest BCUT2D eigenvalue weighted by Crippen LogP contribution is -2.15. The fourth-order valence-corrected chi connectivity index (χ4v) is 3.06. The Morgan fingerprint density at radius 3 is 2.83 bits per heavy atom. The van der Waals surface area contributed by atoms with Gasteiger partial charge in [-0.1, -0.05) is 6.07 Å². The molecule has 3 N–H and O–H groups in total. The van der Waals surface area contributed by atoms with Crippen molar-refractivity contribution in [3.8, 4) is 11.8 Å². The minimum Gasteiger partial charge on any atom is -0.508 e. The number of hydrogen-bond acceptors (Lipinski definition) is 6. The van der Waals surface area contributed by atoms with Gasteiger partial charge in [0.15, 0.2) is 5.82 Å². The molecule has 3 rings (SSSR count). The van der Waals surface area contributed by atoms with E-state index in [-0.39, 0.29) is 12.4 Å². The van der Waals surface area contributed by atoms with Crippen molar-refractivity contribution in [3.05, 3.63) is 46.1 Å². The average molecular weight is 324 g/mol. The van der Waals surface area contributed by atoms with Crippen LogP contribution in [0.15, 0.2) is 18.2 Å². The summed E-state index contributed by atoms with van der Waals surface area (Å²) < 4.78 is 0. The topological polar surface area (TPSA) is 102 Å². The number of nitrogens with zero attached hydrogens (tertiary/aromatic N) is 3. The number of aliphatic hydroxyl groups excluding tert-OH is 1. The van der Waals surface area contributed by atoms with Gasteiger partial charge in [0.25, 0.3) is 0 Å². The van der Waals surface area contributed by atoms with Crippen LogP contribution in [0.5, 0.6) is 5.75 Å². The van der Waals surface area contributed by atoms with Gasteiger partial charge in [-0.15, -0.1) is 5.10 Å². The second-order valence-corrected chi connectivity index (χ2v) is 5.97. The van der Waals surface area contributed by atoms with Crippen LogP contribution in [0.4, 0.5) is 5.82 Å². The van der Waals surface area contributed by atoms with Gasteiger partial charge in [-0.2, -0.15) is 10.4 Å². The number of aliphatic hydroxyl groups is 1. The van der Waals surface area contributed by atoms with E-state index in [1.807, 2.05) is 6.07 Å². The number of aryl methyl sites for hydroxylation is 1. The lowest BCUT2D eigenvalue weighted by Gasteiger charge is -2.17. The van der Waals surface area contributed by atoms with Crippen LogP contribution < -0.4 is 5.32 Å². The largest absolute Gasteiger partial charge is 0.508 e. The van der Waals surface area contributed by atoms with Crippen molar-refractivity contribution in [1.82, 2.24) is 10.2 Å². The van der Waals surface area contributed by atoms with Crippen molar-refractivity contribution in [2.24, 2.45) is 0 Å². The van der Waals surface area contributed by atoms with Crippen LogP contribution in [0, 0.1) is 11.3 Å². The second kappa shape index (κ2) is 7.28. The normalized spacial score (nSPS) is 13.2. The SMILES string of the molecule is N#Cc1c(NCCc2ccc(O)c(CO)c2)nnc2c1CCCC2. The number of anilines is 1. The van der Waals surface area contributed by atoms with Gasteiger partial charge in [-0.05, 0) is 55.4 Å². The van der Waals surface area contributed by atoms with E-state index in [0.29, 0.717) is 29.9 Å². The fraction of sp³-hybridized carbons (Fsp3) is 0.389. The van der Waals surface area contributed by atoms with Crippen LogP contribution >= 0.6 is 0 Å². The molecule has 0 bridgehead atoms. The van der Waals surface area contributed by atoms with E-state index in [9.17, 15) is 15.5 Å². The summed E-state index contributed by atoms with van der Waals surface area (Å²) in [7, 11) is 0. The average Bonchev–Trinajstić information content (AvgIpc) is 2.62. The number of hydrogen-bond donors (Lipinski definition) is 3. The van der Waals surface area contributed by atoms with Gasteiger partial charge in [-0.3, -0.25) is 0 Å². The number of benzene rings is 1. The Bertz CT molecular complexity index is 783. The highest BCUT2D eigenvalue weighted by Gasteiger charge is 2.18. The monoisotopic (exact) mass is 324 g/mol. The highest BCUT2D eigenvalue weighted by Crippen LogP contribution is 2.26. The van der Waals surface area contributed by atoms with E-state index in [0.717, 1.165) is 42.5 Å². The first-order valence-electron chi connectivity index (χ1n) is 8.17. The Kier molecular flexibility index (Phi) is 4.92. The fourth-order valence-electron chi connectivity index (χ4n) is 3.06. The van der Waals surface area contributed by atoms with Gasteiger partial charge in [0.1, 0.15) is 17.4 Å². The molecular weight excluding hydrogens is 304 g/mol. The summed E-state index contributed by atoms with van der Waals surface area (Å²) in [5.74, 6) is 0.640. The Morgan fingerprint density at radius 2 is 2.04 bits per heavy atom. The van der Waals surface area contributed by atoms with E-state index in [2.05, 4.69) is 21.6 Å². The number of aromatic nitrogens is 2. The standard InChI is InChI=1S/C18H20N4O2/c19-10-15-14-3-1-2-4-16(14)21-22-18(15)20-8-7-12-5-6-17(24)13(9-12)11-23/h5-6,9,23-24H,1-4,7-8,11H2,(H,20,22). The molecule has 1 aromatic heterocycles. The van der Waals surface area contributed by atoms with Crippen molar-refractivity contribution < 1.29 is 10.2 Å². The molecule has 0 unspecified atom stereocenters. The van der Waals surface area contributed by atoms with Gasteiger partial charge >= 0.3 is 0 Å². The quantitative estimate of drug-likeness (QED) is 0.778. The molecule has 0 radical (unpaired) electrons. The predicted octanol–water partition coefficient (Wildman–Crippen LogP) is 2.08. The highest BCUT2D eigenvalue weighted by atomic mass is 16.3. The Morgan fingerprint density at radius 1 is 1.21 bits per heavy atom. The molecule has 2 aromatic rings. The molecule has 0 spiro atoms. The zero-order valence-corrected chi connectivity index (χ0v) is 13.4. The smallest absolute Gasteiger partial charge is 0.166 e. The maximum absolute atomic E-state index is 9.59. The van der Waals surface area contributed by atoms with Gasteiger partial charge in [0.2, 0.25) is 0 Å². The van der Waals surface area contributed by atoms with Crippen LogP contribution in [0.1, 0.15) is 40.8 Å². The molecule has 124 valence electrons. The molecule has 6 nitrogen and oxygen atoms in total. The number of phenols is 1. The molecular formula is C18H20N4O2. The lowest BCUT2D eigenvalue weighted by atomic mass is 9.93. The molecule has 0 amide bonds. The van der Waals surface area contributed by atoms with Crippen LogP contribution in [0.2, 0.25) is 0 Å². The summed E-state index contributed by atoms with van der Waals surface area (Å²) in [5.41, 5.74) is 4.11. The van der Waals surface area contributed by atoms with E-state index in [1.54, 1.807) is 12.1 Å². The predicted molar refractivity (Wildman–Crippen MR) is 89.6 cm³/mol. The van der Waals surface area contributed by atoms with Gasteiger partial charge in [-0.25, -0.2) is 0 Å². The van der Waals surface area contributed by atoms with E-state index in [1.165, 1.54) is 0 Å².